The predicted octanol–water partition coefficient (Wildman–Crippen LogP) is 4.60. The lowest BCUT2D eigenvalue weighted by Gasteiger charge is -2.11. The van der Waals surface area contributed by atoms with Gasteiger partial charge in [0.2, 0.25) is 25.2 Å². The Morgan fingerprint density at radius 2 is 0.929 bits per heavy atom. The number of nitrogens with zero attached hydrogens (tertiary/aromatic N) is 3. The van der Waals surface area contributed by atoms with Gasteiger partial charge in [-0.1, -0.05) is 78.1 Å². The summed E-state index contributed by atoms with van der Waals surface area (Å²) in [6, 6.07) is 0. The summed E-state index contributed by atoms with van der Waals surface area (Å²) >= 11 is 0. The average Bonchev–Trinajstić information content (AvgIpc) is 2.60. The van der Waals surface area contributed by atoms with Crippen LogP contribution in [0.25, 0.3) is 0 Å². The second kappa shape index (κ2) is 16.5. The molecule has 0 spiro atoms. The summed E-state index contributed by atoms with van der Waals surface area (Å²) in [4.78, 5) is 20.3. The molecule has 0 fully saturated rings. The molecular weight excluding hydrogens is 375 g/mol. The van der Waals surface area contributed by atoms with Crippen molar-refractivity contribution in [1.29, 1.82) is 0 Å². The zero-order valence-electron chi connectivity index (χ0n) is 17.8. The van der Waals surface area contributed by atoms with Crippen molar-refractivity contribution >= 4 is 25.2 Å². The van der Waals surface area contributed by atoms with Crippen molar-refractivity contribution in [3.05, 3.63) is 0 Å². The molecule has 9 heteroatoms. The normalized spacial score (nSPS) is 11.1. The Hall–Kier alpha value is -1.40. The van der Waals surface area contributed by atoms with Gasteiger partial charge in [0.15, 0.2) is 0 Å². The van der Waals surface area contributed by atoms with Crippen molar-refractivity contribution in [2.24, 2.45) is 0 Å². The highest BCUT2D eigenvalue weighted by Gasteiger charge is 2.16. The molecule has 28 heavy (non-hydrogen) atoms. The Kier molecular flexibility index (Phi) is 15.7. The lowest BCUT2D eigenvalue weighted by atomic mass is 10.1. The number of hydrogen-bond acceptors (Lipinski definition) is 7. The molecule has 0 amide bonds. The minimum atomic E-state index is -2.80. The van der Waals surface area contributed by atoms with Crippen LogP contribution in [0.1, 0.15) is 90.9 Å². The molecule has 8 nitrogen and oxygen atoms in total. The highest BCUT2D eigenvalue weighted by atomic mass is 31.2. The van der Waals surface area contributed by atoms with Crippen LogP contribution in [0.4, 0.5) is 17.8 Å². The molecular formula is C19H41N6O2P. The molecule has 0 radical (unpaired) electrons. The number of aromatic nitrogens is 3. The van der Waals surface area contributed by atoms with Gasteiger partial charge in [-0.25, -0.2) is 0 Å². The highest BCUT2D eigenvalue weighted by Crippen LogP contribution is 2.42. The van der Waals surface area contributed by atoms with E-state index in [-0.39, 0.29) is 17.8 Å². The third-order valence-corrected chi connectivity index (χ3v) is 6.44. The Balaban J connectivity index is 0.000000668. The van der Waals surface area contributed by atoms with Crippen molar-refractivity contribution < 1.29 is 9.46 Å². The van der Waals surface area contributed by atoms with E-state index in [0.29, 0.717) is 12.3 Å². The molecule has 0 bridgehead atoms. The van der Waals surface area contributed by atoms with Crippen LogP contribution in [-0.2, 0) is 4.57 Å². The monoisotopic (exact) mass is 416 g/mol. The first-order valence-electron chi connectivity index (χ1n) is 10.6. The van der Waals surface area contributed by atoms with Gasteiger partial charge in [-0.15, -0.1) is 0 Å². The van der Waals surface area contributed by atoms with Gasteiger partial charge in [0, 0.05) is 12.3 Å². The molecule has 0 aliphatic carbocycles. The number of unbranched alkanes of at least 4 members (excludes halogenated alkanes) is 10. The SMILES string of the molecule is CCCCCCCCP(=O)(O)CCCCCCCC.Nc1nc(N)nc(N)n1. The fourth-order valence-electron chi connectivity index (χ4n) is 2.82. The molecule has 1 aromatic heterocycles. The molecule has 0 saturated heterocycles. The summed E-state index contributed by atoms with van der Waals surface area (Å²) in [5.74, 6) is 0.125. The summed E-state index contributed by atoms with van der Waals surface area (Å²) in [6.07, 6.45) is 15.4. The molecule has 0 unspecified atom stereocenters. The largest absolute Gasteiger partial charge is 0.368 e. The zero-order valence-corrected chi connectivity index (χ0v) is 18.7. The molecule has 1 aromatic rings. The van der Waals surface area contributed by atoms with E-state index < -0.39 is 7.37 Å². The van der Waals surface area contributed by atoms with Gasteiger partial charge in [-0.2, -0.15) is 15.0 Å². The van der Waals surface area contributed by atoms with Gasteiger partial charge in [0.05, 0.1) is 0 Å². The maximum atomic E-state index is 11.9. The average molecular weight is 417 g/mol. The molecule has 7 N–H and O–H groups in total. The summed E-state index contributed by atoms with van der Waals surface area (Å²) in [5, 5.41) is 0. The van der Waals surface area contributed by atoms with Crippen LogP contribution in [0.3, 0.4) is 0 Å². The van der Waals surface area contributed by atoms with E-state index in [4.69, 9.17) is 17.2 Å². The first-order chi connectivity index (χ1) is 13.3. The second-order valence-electron chi connectivity index (χ2n) is 7.24. The van der Waals surface area contributed by atoms with E-state index >= 15 is 0 Å². The van der Waals surface area contributed by atoms with Gasteiger partial charge in [-0.3, -0.25) is 4.57 Å². The summed E-state index contributed by atoms with van der Waals surface area (Å²) in [7, 11) is -2.80. The molecule has 0 aliphatic rings. The number of hydrogen-bond donors (Lipinski definition) is 4. The van der Waals surface area contributed by atoms with Gasteiger partial charge in [0.1, 0.15) is 0 Å². The number of rotatable bonds is 14. The minimum absolute atomic E-state index is 0.0417. The molecule has 164 valence electrons. The maximum absolute atomic E-state index is 11.9. The fraction of sp³-hybridized carbons (Fsp3) is 0.842. The van der Waals surface area contributed by atoms with Crippen molar-refractivity contribution in [2.45, 2.75) is 90.9 Å². The van der Waals surface area contributed by atoms with Crippen LogP contribution in [0.15, 0.2) is 0 Å². The van der Waals surface area contributed by atoms with Crippen LogP contribution in [-0.4, -0.2) is 32.2 Å². The van der Waals surface area contributed by atoms with Crippen LogP contribution >= 0.6 is 7.37 Å². The quantitative estimate of drug-likeness (QED) is 0.253. The predicted molar refractivity (Wildman–Crippen MR) is 119 cm³/mol. The van der Waals surface area contributed by atoms with E-state index in [1.165, 1.54) is 51.4 Å². The minimum Gasteiger partial charge on any atom is -0.368 e. The van der Waals surface area contributed by atoms with Crippen molar-refractivity contribution in [3.8, 4) is 0 Å². The smallest absolute Gasteiger partial charge is 0.226 e. The topological polar surface area (TPSA) is 154 Å². The van der Waals surface area contributed by atoms with Gasteiger partial charge < -0.3 is 22.1 Å². The number of nitrogen functional groups attached to an aromatic ring is 3. The van der Waals surface area contributed by atoms with Crippen LogP contribution in [0.5, 0.6) is 0 Å². The third kappa shape index (κ3) is 16.8. The second-order valence-corrected chi connectivity index (χ2v) is 9.83. The summed E-state index contributed by atoms with van der Waals surface area (Å²) in [5.41, 5.74) is 15.4. The zero-order chi connectivity index (χ0) is 21.3. The Morgan fingerprint density at radius 3 is 1.25 bits per heavy atom. The Bertz CT molecular complexity index is 489. The standard InChI is InChI=1S/C16H35O2P.C3H6N6/c1-3-5-7-9-11-13-15-19(17,18)16-14-12-10-8-6-4-2;4-1-7-2(5)9-3(6)8-1/h3-16H2,1-2H3,(H,17,18);(H6,4,5,6,7,8,9). The van der Waals surface area contributed by atoms with E-state index in [1.807, 2.05) is 0 Å². The van der Waals surface area contributed by atoms with Crippen LogP contribution < -0.4 is 17.2 Å². The van der Waals surface area contributed by atoms with E-state index in [1.54, 1.807) is 0 Å². The molecule has 1 rings (SSSR count). The summed E-state index contributed by atoms with van der Waals surface area (Å²) < 4.78 is 11.9. The molecule has 0 aliphatic heterocycles. The molecule has 0 aromatic carbocycles. The Labute approximate surface area is 170 Å². The van der Waals surface area contributed by atoms with Gasteiger partial charge >= 0.3 is 0 Å². The number of anilines is 3. The van der Waals surface area contributed by atoms with Crippen LogP contribution in [0.2, 0.25) is 0 Å². The maximum Gasteiger partial charge on any atom is 0.226 e. The van der Waals surface area contributed by atoms with Crippen molar-refractivity contribution in [2.75, 3.05) is 29.5 Å². The van der Waals surface area contributed by atoms with Crippen LogP contribution in [0, 0.1) is 0 Å². The van der Waals surface area contributed by atoms with E-state index in [0.717, 1.165) is 25.7 Å². The van der Waals surface area contributed by atoms with Crippen molar-refractivity contribution in [3.63, 3.8) is 0 Å². The highest BCUT2D eigenvalue weighted by molar-refractivity contribution is 7.57. The van der Waals surface area contributed by atoms with Crippen molar-refractivity contribution in [1.82, 2.24) is 15.0 Å². The molecule has 0 atom stereocenters. The first kappa shape index (κ1) is 26.6. The lowest BCUT2D eigenvalue weighted by Crippen LogP contribution is -2.05. The molecule has 1 heterocycles. The summed E-state index contributed by atoms with van der Waals surface area (Å²) in [6.45, 7) is 4.42. The third-order valence-electron chi connectivity index (χ3n) is 4.41. The van der Waals surface area contributed by atoms with E-state index in [2.05, 4.69) is 28.8 Å². The fourth-order valence-corrected chi connectivity index (χ4v) is 4.48. The Morgan fingerprint density at radius 1 is 0.643 bits per heavy atom. The van der Waals surface area contributed by atoms with E-state index in [9.17, 15) is 9.46 Å². The van der Waals surface area contributed by atoms with Gasteiger partial charge in [-0.05, 0) is 12.8 Å². The molecule has 0 saturated carbocycles. The number of nitrogens with two attached hydrogens (primary N) is 3. The lowest BCUT2D eigenvalue weighted by molar-refractivity contribution is 0.469. The first-order valence-corrected chi connectivity index (χ1v) is 12.7. The van der Waals surface area contributed by atoms with Gasteiger partial charge in [0.25, 0.3) is 0 Å².